The van der Waals surface area contributed by atoms with E-state index in [1.165, 1.54) is 22.3 Å². The summed E-state index contributed by atoms with van der Waals surface area (Å²) in [7, 11) is 3.74. The Kier molecular flexibility index (Phi) is 8.56. The lowest BCUT2D eigenvalue weighted by atomic mass is 9.87. The molecule has 0 aliphatic heterocycles. The molecule has 1 unspecified atom stereocenters. The fraction of sp³-hybridized carbons (Fsp3) is 0.455. The lowest BCUT2D eigenvalue weighted by Gasteiger charge is -2.20. The maximum absolute atomic E-state index is 5.51. The summed E-state index contributed by atoms with van der Waals surface area (Å²) in [5, 5.41) is 3.25. The fourth-order valence-corrected chi connectivity index (χ4v) is 2.90. The van der Waals surface area contributed by atoms with Gasteiger partial charge in [-0.3, -0.25) is 0 Å². The Morgan fingerprint density at radius 1 is 1.33 bits per heavy atom. The first-order chi connectivity index (χ1) is 11.4. The Morgan fingerprint density at radius 2 is 2.04 bits per heavy atom. The van der Waals surface area contributed by atoms with E-state index in [1.807, 2.05) is 14.0 Å². The first-order valence-electron chi connectivity index (χ1n) is 8.73. The molecule has 0 heterocycles. The quantitative estimate of drug-likeness (QED) is 0.618. The molecule has 2 heteroatoms. The molecule has 0 saturated carbocycles. The summed E-state index contributed by atoms with van der Waals surface area (Å²) in [4.78, 5) is 0. The molecule has 1 N–H and O–H groups in total. The highest BCUT2D eigenvalue weighted by Crippen LogP contribution is 2.32. The standard InChI is InChI=1S/C22H33NO/c1-8-19(10-9-16(2)3)13-17(4)21-14-18(5)22(24-7)15-20(21)11-12-23-6/h8-10,14-15,17,23H,2,11-13H2,1,3-7H3/b10-9-,19-8+. The van der Waals surface area contributed by atoms with E-state index >= 15 is 0 Å². The fourth-order valence-electron chi connectivity index (χ4n) is 2.90. The Labute approximate surface area is 148 Å². The highest BCUT2D eigenvalue weighted by molar-refractivity contribution is 5.44. The zero-order chi connectivity index (χ0) is 18.1. The number of hydrogen-bond donors (Lipinski definition) is 1. The minimum Gasteiger partial charge on any atom is -0.496 e. The number of methoxy groups -OCH3 is 1. The van der Waals surface area contributed by atoms with Gasteiger partial charge in [0.1, 0.15) is 5.75 Å². The van der Waals surface area contributed by atoms with Crippen LogP contribution in [-0.4, -0.2) is 20.7 Å². The third-order valence-electron chi connectivity index (χ3n) is 4.33. The number of rotatable bonds is 9. The van der Waals surface area contributed by atoms with Gasteiger partial charge in [-0.1, -0.05) is 48.9 Å². The van der Waals surface area contributed by atoms with Crippen molar-refractivity contribution in [2.75, 3.05) is 20.7 Å². The summed E-state index contributed by atoms with van der Waals surface area (Å²) in [6.07, 6.45) is 8.50. The molecule has 0 fully saturated rings. The van der Waals surface area contributed by atoms with Crippen LogP contribution in [0.5, 0.6) is 5.75 Å². The van der Waals surface area contributed by atoms with Crippen molar-refractivity contribution in [2.45, 2.75) is 46.5 Å². The van der Waals surface area contributed by atoms with Gasteiger partial charge in [0.2, 0.25) is 0 Å². The SMILES string of the molecule is C=C(C)/C=C\C(=C/C)CC(C)c1cc(C)c(OC)cc1CCNC. The number of hydrogen-bond acceptors (Lipinski definition) is 2. The highest BCUT2D eigenvalue weighted by Gasteiger charge is 2.14. The summed E-state index contributed by atoms with van der Waals surface area (Å²) in [5.74, 6) is 1.44. The highest BCUT2D eigenvalue weighted by atomic mass is 16.5. The molecule has 0 bridgehead atoms. The number of likely N-dealkylation sites (N-methyl/N-ethyl adjacent to an activating group) is 1. The van der Waals surface area contributed by atoms with Crippen molar-refractivity contribution in [1.82, 2.24) is 5.32 Å². The van der Waals surface area contributed by atoms with Gasteiger partial charge in [-0.2, -0.15) is 0 Å². The van der Waals surface area contributed by atoms with Crippen molar-refractivity contribution < 1.29 is 4.74 Å². The number of ether oxygens (including phenoxy) is 1. The van der Waals surface area contributed by atoms with Crippen LogP contribution in [0.15, 0.2) is 48.1 Å². The van der Waals surface area contributed by atoms with Gasteiger partial charge < -0.3 is 10.1 Å². The van der Waals surface area contributed by atoms with E-state index in [0.717, 1.165) is 30.7 Å². The smallest absolute Gasteiger partial charge is 0.122 e. The van der Waals surface area contributed by atoms with Crippen molar-refractivity contribution in [1.29, 1.82) is 0 Å². The molecule has 1 atom stereocenters. The van der Waals surface area contributed by atoms with E-state index < -0.39 is 0 Å². The summed E-state index contributed by atoms with van der Waals surface area (Å²) < 4.78 is 5.51. The molecule has 2 nitrogen and oxygen atoms in total. The molecule has 0 aliphatic rings. The predicted molar refractivity (Wildman–Crippen MR) is 106 cm³/mol. The van der Waals surface area contributed by atoms with Gasteiger partial charge in [-0.05, 0) is 75.9 Å². The van der Waals surface area contributed by atoms with E-state index in [2.05, 4.69) is 63.0 Å². The molecule has 0 amide bonds. The lowest BCUT2D eigenvalue weighted by Crippen LogP contribution is -2.13. The van der Waals surface area contributed by atoms with Crippen LogP contribution < -0.4 is 10.1 Å². The zero-order valence-electron chi connectivity index (χ0n) is 16.2. The molecule has 1 aromatic carbocycles. The summed E-state index contributed by atoms with van der Waals surface area (Å²) in [6.45, 7) is 13.5. The van der Waals surface area contributed by atoms with Crippen molar-refractivity contribution in [3.05, 3.63) is 64.8 Å². The maximum Gasteiger partial charge on any atom is 0.122 e. The topological polar surface area (TPSA) is 21.3 Å². The molecule has 1 rings (SSSR count). The van der Waals surface area contributed by atoms with Crippen LogP contribution in [0.4, 0.5) is 0 Å². The average Bonchev–Trinajstić information content (AvgIpc) is 2.56. The zero-order valence-corrected chi connectivity index (χ0v) is 16.2. The summed E-state index contributed by atoms with van der Waals surface area (Å²) >= 11 is 0. The van der Waals surface area contributed by atoms with Gasteiger partial charge in [0.25, 0.3) is 0 Å². The Hall–Kier alpha value is -1.80. The first kappa shape index (κ1) is 20.2. The van der Waals surface area contributed by atoms with E-state index in [4.69, 9.17) is 4.74 Å². The van der Waals surface area contributed by atoms with Gasteiger partial charge in [-0.25, -0.2) is 0 Å². The normalized spacial score (nSPS) is 13.3. The van der Waals surface area contributed by atoms with E-state index in [0.29, 0.717) is 5.92 Å². The van der Waals surface area contributed by atoms with E-state index in [-0.39, 0.29) is 0 Å². The second-order valence-electron chi connectivity index (χ2n) is 6.52. The largest absolute Gasteiger partial charge is 0.496 e. The minimum atomic E-state index is 0.461. The average molecular weight is 328 g/mol. The molecule has 24 heavy (non-hydrogen) atoms. The summed E-state index contributed by atoms with van der Waals surface area (Å²) in [5.41, 5.74) is 6.42. The van der Waals surface area contributed by atoms with Crippen molar-refractivity contribution in [3.8, 4) is 5.75 Å². The van der Waals surface area contributed by atoms with E-state index in [9.17, 15) is 0 Å². The molecule has 0 aromatic heterocycles. The lowest BCUT2D eigenvalue weighted by molar-refractivity contribution is 0.410. The molecule has 0 saturated heterocycles. The molecular formula is C22H33NO. The third-order valence-corrected chi connectivity index (χ3v) is 4.33. The molecule has 1 aromatic rings. The Morgan fingerprint density at radius 3 is 2.58 bits per heavy atom. The van der Waals surface area contributed by atoms with Crippen LogP contribution in [0, 0.1) is 6.92 Å². The van der Waals surface area contributed by atoms with Crippen LogP contribution in [0.1, 0.15) is 49.8 Å². The van der Waals surface area contributed by atoms with Crippen LogP contribution in [0.25, 0.3) is 0 Å². The molecule has 0 radical (unpaired) electrons. The van der Waals surface area contributed by atoms with Crippen LogP contribution >= 0.6 is 0 Å². The van der Waals surface area contributed by atoms with E-state index in [1.54, 1.807) is 7.11 Å². The van der Waals surface area contributed by atoms with Crippen molar-refractivity contribution in [2.24, 2.45) is 0 Å². The maximum atomic E-state index is 5.51. The molecular weight excluding hydrogens is 294 g/mol. The molecule has 0 spiro atoms. The first-order valence-corrected chi connectivity index (χ1v) is 8.73. The second-order valence-corrected chi connectivity index (χ2v) is 6.52. The monoisotopic (exact) mass is 327 g/mol. The molecule has 132 valence electrons. The van der Waals surface area contributed by atoms with Crippen LogP contribution in [0.2, 0.25) is 0 Å². The van der Waals surface area contributed by atoms with Crippen molar-refractivity contribution >= 4 is 0 Å². The summed E-state index contributed by atoms with van der Waals surface area (Å²) in [6, 6.07) is 4.50. The molecule has 0 aliphatic carbocycles. The predicted octanol–water partition coefficient (Wildman–Crippen LogP) is 5.34. The van der Waals surface area contributed by atoms with Crippen molar-refractivity contribution in [3.63, 3.8) is 0 Å². The van der Waals surface area contributed by atoms with Gasteiger partial charge in [-0.15, -0.1) is 0 Å². The number of allylic oxidation sites excluding steroid dienone is 5. The van der Waals surface area contributed by atoms with Gasteiger partial charge in [0, 0.05) is 0 Å². The number of nitrogens with one attached hydrogen (secondary N) is 1. The number of aryl methyl sites for hydroxylation is 1. The van der Waals surface area contributed by atoms with Gasteiger partial charge in [0.15, 0.2) is 0 Å². The third kappa shape index (κ3) is 6.01. The van der Waals surface area contributed by atoms with Crippen LogP contribution in [-0.2, 0) is 6.42 Å². The minimum absolute atomic E-state index is 0.461. The Balaban J connectivity index is 3.08. The van der Waals surface area contributed by atoms with Gasteiger partial charge >= 0.3 is 0 Å². The van der Waals surface area contributed by atoms with Gasteiger partial charge in [0.05, 0.1) is 7.11 Å². The second kappa shape index (κ2) is 10.1. The Bertz CT molecular complexity index is 611. The number of benzene rings is 1. The van der Waals surface area contributed by atoms with Crippen LogP contribution in [0.3, 0.4) is 0 Å².